The molecule has 0 aromatic carbocycles. The Labute approximate surface area is 110 Å². The van der Waals surface area contributed by atoms with Gasteiger partial charge in [-0.1, -0.05) is 0 Å². The standard InChI is InChI=1S/C14H25N3O/c1-12-9-14(10-13(2)18-12)16-5-3-4-7-17-8-6-15-11-17/h6,8,11-14,16H,3-5,7,9-10H2,1-2H3. The molecule has 1 aliphatic heterocycles. The Kier molecular flexibility index (Phi) is 5.20. The van der Waals surface area contributed by atoms with Crippen LogP contribution in [0.15, 0.2) is 18.7 Å². The van der Waals surface area contributed by atoms with Crippen LogP contribution < -0.4 is 5.32 Å². The molecule has 4 heteroatoms. The number of rotatable bonds is 6. The van der Waals surface area contributed by atoms with E-state index in [2.05, 4.69) is 28.7 Å². The van der Waals surface area contributed by atoms with Gasteiger partial charge in [0, 0.05) is 25.0 Å². The summed E-state index contributed by atoms with van der Waals surface area (Å²) < 4.78 is 7.88. The lowest BCUT2D eigenvalue weighted by molar-refractivity contribution is -0.0420. The molecule has 102 valence electrons. The van der Waals surface area contributed by atoms with Crippen molar-refractivity contribution in [1.82, 2.24) is 14.9 Å². The van der Waals surface area contributed by atoms with Crippen molar-refractivity contribution in [2.24, 2.45) is 0 Å². The highest BCUT2D eigenvalue weighted by molar-refractivity contribution is 4.78. The summed E-state index contributed by atoms with van der Waals surface area (Å²) in [5.41, 5.74) is 0. The summed E-state index contributed by atoms with van der Waals surface area (Å²) in [5, 5.41) is 3.66. The number of hydrogen-bond donors (Lipinski definition) is 1. The first kappa shape index (κ1) is 13.6. The Balaban J connectivity index is 1.55. The average molecular weight is 251 g/mol. The maximum Gasteiger partial charge on any atom is 0.0945 e. The van der Waals surface area contributed by atoms with Gasteiger partial charge in [-0.05, 0) is 46.1 Å². The van der Waals surface area contributed by atoms with Gasteiger partial charge < -0.3 is 14.6 Å². The minimum atomic E-state index is 0.400. The summed E-state index contributed by atoms with van der Waals surface area (Å²) in [7, 11) is 0. The molecule has 2 atom stereocenters. The van der Waals surface area contributed by atoms with Crippen molar-refractivity contribution in [3.05, 3.63) is 18.7 Å². The third-order valence-corrected chi connectivity index (χ3v) is 3.53. The highest BCUT2D eigenvalue weighted by atomic mass is 16.5. The lowest BCUT2D eigenvalue weighted by atomic mass is 10.00. The molecular formula is C14H25N3O. The van der Waals surface area contributed by atoms with E-state index in [1.807, 2.05) is 18.7 Å². The molecular weight excluding hydrogens is 226 g/mol. The van der Waals surface area contributed by atoms with E-state index in [9.17, 15) is 0 Å². The second-order valence-corrected chi connectivity index (χ2v) is 5.39. The van der Waals surface area contributed by atoms with Crippen LogP contribution >= 0.6 is 0 Å². The van der Waals surface area contributed by atoms with E-state index in [1.165, 1.54) is 12.8 Å². The first-order valence-corrected chi connectivity index (χ1v) is 7.08. The molecule has 0 radical (unpaired) electrons. The van der Waals surface area contributed by atoms with Crippen molar-refractivity contribution in [3.8, 4) is 0 Å². The molecule has 0 amide bonds. The molecule has 2 rings (SSSR count). The van der Waals surface area contributed by atoms with E-state index in [-0.39, 0.29) is 0 Å². The first-order valence-electron chi connectivity index (χ1n) is 7.08. The molecule has 1 aromatic rings. The maximum atomic E-state index is 5.74. The Morgan fingerprint density at radius 3 is 2.72 bits per heavy atom. The maximum absolute atomic E-state index is 5.74. The fraction of sp³-hybridized carbons (Fsp3) is 0.786. The van der Waals surface area contributed by atoms with Crippen molar-refractivity contribution in [2.75, 3.05) is 6.54 Å². The van der Waals surface area contributed by atoms with Crippen LogP contribution in [0, 0.1) is 0 Å². The largest absolute Gasteiger partial charge is 0.375 e. The molecule has 0 spiro atoms. The normalized spacial score (nSPS) is 28.4. The summed E-state index contributed by atoms with van der Waals surface area (Å²) in [4.78, 5) is 4.04. The lowest BCUT2D eigenvalue weighted by Crippen LogP contribution is -2.41. The molecule has 18 heavy (non-hydrogen) atoms. The van der Waals surface area contributed by atoms with Crippen LogP contribution in [0.4, 0.5) is 0 Å². The van der Waals surface area contributed by atoms with Crippen molar-refractivity contribution in [3.63, 3.8) is 0 Å². The number of nitrogens with zero attached hydrogens (tertiary/aromatic N) is 2. The predicted octanol–water partition coefficient (Wildman–Crippen LogP) is 2.21. The van der Waals surface area contributed by atoms with E-state index >= 15 is 0 Å². The Bertz CT molecular complexity index is 316. The second-order valence-electron chi connectivity index (χ2n) is 5.39. The third-order valence-electron chi connectivity index (χ3n) is 3.53. The summed E-state index contributed by atoms with van der Waals surface area (Å²) in [6, 6.07) is 0.636. The van der Waals surface area contributed by atoms with Crippen LogP contribution in [0.1, 0.15) is 39.5 Å². The minimum Gasteiger partial charge on any atom is -0.375 e. The fourth-order valence-corrected chi connectivity index (χ4v) is 2.72. The van der Waals surface area contributed by atoms with E-state index in [0.717, 1.165) is 25.9 Å². The number of nitrogens with one attached hydrogen (secondary N) is 1. The van der Waals surface area contributed by atoms with E-state index < -0.39 is 0 Å². The highest BCUT2D eigenvalue weighted by Crippen LogP contribution is 2.18. The number of ether oxygens (including phenoxy) is 1. The summed E-state index contributed by atoms with van der Waals surface area (Å²) in [6.45, 7) is 6.52. The first-order chi connectivity index (χ1) is 8.74. The number of imidazole rings is 1. The lowest BCUT2D eigenvalue weighted by Gasteiger charge is -2.32. The van der Waals surface area contributed by atoms with Gasteiger partial charge in [0.15, 0.2) is 0 Å². The summed E-state index contributed by atoms with van der Waals surface area (Å²) >= 11 is 0. The van der Waals surface area contributed by atoms with Crippen LogP contribution in [0.2, 0.25) is 0 Å². The van der Waals surface area contributed by atoms with Crippen molar-refractivity contribution >= 4 is 0 Å². The topological polar surface area (TPSA) is 39.1 Å². The zero-order chi connectivity index (χ0) is 12.8. The smallest absolute Gasteiger partial charge is 0.0945 e. The molecule has 1 aromatic heterocycles. The van der Waals surface area contributed by atoms with Gasteiger partial charge in [0.05, 0.1) is 18.5 Å². The average Bonchev–Trinajstić information content (AvgIpc) is 2.80. The Morgan fingerprint density at radius 1 is 1.28 bits per heavy atom. The van der Waals surface area contributed by atoms with E-state index in [4.69, 9.17) is 4.74 Å². The van der Waals surface area contributed by atoms with Crippen LogP contribution in [0.5, 0.6) is 0 Å². The molecule has 1 saturated heterocycles. The quantitative estimate of drug-likeness (QED) is 0.788. The van der Waals surface area contributed by atoms with Gasteiger partial charge in [0.25, 0.3) is 0 Å². The number of aromatic nitrogens is 2. The second kappa shape index (κ2) is 6.90. The highest BCUT2D eigenvalue weighted by Gasteiger charge is 2.23. The van der Waals surface area contributed by atoms with Gasteiger partial charge in [0.2, 0.25) is 0 Å². The predicted molar refractivity (Wildman–Crippen MR) is 72.5 cm³/mol. The van der Waals surface area contributed by atoms with Crippen LogP contribution in [0.25, 0.3) is 0 Å². The Morgan fingerprint density at radius 2 is 2.06 bits per heavy atom. The van der Waals surface area contributed by atoms with Gasteiger partial charge in [-0.3, -0.25) is 0 Å². The molecule has 1 aliphatic rings. The minimum absolute atomic E-state index is 0.400. The van der Waals surface area contributed by atoms with Gasteiger partial charge >= 0.3 is 0 Å². The van der Waals surface area contributed by atoms with Crippen molar-refractivity contribution < 1.29 is 4.74 Å². The molecule has 2 unspecified atom stereocenters. The van der Waals surface area contributed by atoms with Crippen LogP contribution in [-0.2, 0) is 11.3 Å². The number of unbranched alkanes of at least 4 members (excludes halogenated alkanes) is 1. The van der Waals surface area contributed by atoms with Gasteiger partial charge in [0.1, 0.15) is 0 Å². The van der Waals surface area contributed by atoms with Gasteiger partial charge in [-0.25, -0.2) is 4.98 Å². The molecule has 2 heterocycles. The van der Waals surface area contributed by atoms with Gasteiger partial charge in [-0.15, -0.1) is 0 Å². The zero-order valence-corrected chi connectivity index (χ0v) is 11.5. The monoisotopic (exact) mass is 251 g/mol. The van der Waals surface area contributed by atoms with E-state index in [1.54, 1.807) is 0 Å². The van der Waals surface area contributed by atoms with Crippen molar-refractivity contribution in [2.45, 2.75) is 64.3 Å². The molecule has 1 fully saturated rings. The zero-order valence-electron chi connectivity index (χ0n) is 11.5. The number of aryl methyl sites for hydroxylation is 1. The summed E-state index contributed by atoms with van der Waals surface area (Å²) in [6.07, 6.45) is 11.3. The molecule has 0 aliphatic carbocycles. The third kappa shape index (κ3) is 4.42. The van der Waals surface area contributed by atoms with Gasteiger partial charge in [-0.2, -0.15) is 0 Å². The van der Waals surface area contributed by atoms with Crippen molar-refractivity contribution in [1.29, 1.82) is 0 Å². The summed E-state index contributed by atoms with van der Waals surface area (Å²) in [5.74, 6) is 0. The van der Waals surface area contributed by atoms with Crippen LogP contribution in [0.3, 0.4) is 0 Å². The molecule has 0 bridgehead atoms. The molecule has 0 saturated carbocycles. The fourth-order valence-electron chi connectivity index (χ4n) is 2.72. The molecule has 4 nitrogen and oxygen atoms in total. The van der Waals surface area contributed by atoms with Crippen LogP contribution in [-0.4, -0.2) is 34.3 Å². The SMILES string of the molecule is CC1CC(NCCCCn2ccnc2)CC(C)O1. The Hall–Kier alpha value is -0.870. The number of hydrogen-bond acceptors (Lipinski definition) is 3. The molecule has 1 N–H and O–H groups in total. The van der Waals surface area contributed by atoms with E-state index in [0.29, 0.717) is 18.2 Å².